The molecule has 1 saturated heterocycles. The van der Waals surface area contributed by atoms with Crippen LogP contribution in [0.1, 0.15) is 6.92 Å². The Morgan fingerprint density at radius 1 is 1.61 bits per heavy atom. The zero-order chi connectivity index (χ0) is 16.0. The molecule has 1 aromatic rings. The van der Waals surface area contributed by atoms with E-state index < -0.39 is 29.3 Å². The predicted molar refractivity (Wildman–Crippen MR) is 74.1 cm³/mol. The number of thioether (sulfide) groups is 2. The maximum atomic E-state index is 12.0. The molecule has 1 amide bonds. The maximum absolute atomic E-state index is 12.0. The molecule has 118 valence electrons. The van der Waals surface area contributed by atoms with Crippen molar-refractivity contribution in [1.29, 1.82) is 0 Å². The SMILES string of the molecule is CC(O)[C@@H]1C(=O)N2C(C(=O)[O-])=C(CSc3nnnn3N)S[C@H]12.[Na+]. The van der Waals surface area contributed by atoms with E-state index in [1.165, 1.54) is 23.6 Å². The maximum Gasteiger partial charge on any atom is 1.00 e. The second-order valence-electron chi connectivity index (χ2n) is 4.74. The van der Waals surface area contributed by atoms with Crippen molar-refractivity contribution >= 4 is 35.4 Å². The van der Waals surface area contributed by atoms with Gasteiger partial charge in [-0.2, -0.15) is 0 Å². The Morgan fingerprint density at radius 2 is 2.30 bits per heavy atom. The summed E-state index contributed by atoms with van der Waals surface area (Å²) < 4.78 is 0. The smallest absolute Gasteiger partial charge is 0.543 e. The number of nitrogens with zero attached hydrogens (tertiary/aromatic N) is 5. The van der Waals surface area contributed by atoms with Gasteiger partial charge in [-0.15, -0.1) is 16.6 Å². The number of carbonyl (C=O) groups is 2. The first-order valence-corrected chi connectivity index (χ1v) is 8.07. The van der Waals surface area contributed by atoms with Gasteiger partial charge in [0.25, 0.3) is 0 Å². The number of nitrogen functional groups attached to an aromatic ring is 1. The monoisotopic (exact) mass is 366 g/mol. The van der Waals surface area contributed by atoms with Gasteiger partial charge in [0.2, 0.25) is 11.1 Å². The van der Waals surface area contributed by atoms with E-state index >= 15 is 0 Å². The van der Waals surface area contributed by atoms with Crippen molar-refractivity contribution in [3.05, 3.63) is 10.6 Å². The summed E-state index contributed by atoms with van der Waals surface area (Å²) in [4.78, 5) is 25.9. The molecule has 3 atom stereocenters. The average Bonchev–Trinajstić information content (AvgIpc) is 2.97. The van der Waals surface area contributed by atoms with Gasteiger partial charge in [0.1, 0.15) is 5.37 Å². The number of amides is 1. The number of carbonyl (C=O) groups excluding carboxylic acids is 2. The minimum absolute atomic E-state index is 0. The molecule has 1 aromatic heterocycles. The third kappa shape index (κ3) is 3.10. The Balaban J connectivity index is 0.00000192. The van der Waals surface area contributed by atoms with E-state index in [-0.39, 0.29) is 41.0 Å². The van der Waals surface area contributed by atoms with Gasteiger partial charge in [-0.1, -0.05) is 16.9 Å². The molecule has 1 fully saturated rings. The fourth-order valence-electron chi connectivity index (χ4n) is 2.36. The van der Waals surface area contributed by atoms with Crippen LogP contribution in [0, 0.1) is 5.92 Å². The number of carboxylic acids is 1. The fourth-order valence-corrected chi connectivity index (χ4v) is 4.85. The van der Waals surface area contributed by atoms with Crippen LogP contribution >= 0.6 is 23.5 Å². The Morgan fingerprint density at radius 3 is 2.83 bits per heavy atom. The number of tetrazole rings is 1. The normalized spacial score (nSPS) is 24.1. The van der Waals surface area contributed by atoms with Gasteiger partial charge in [0.05, 0.1) is 23.7 Å². The second-order valence-corrected chi connectivity index (χ2v) is 6.89. The largest absolute Gasteiger partial charge is 1.00 e. The number of nitrogens with two attached hydrogens (primary N) is 1. The number of β-lactam (4-membered cyclic amide) rings is 1. The molecule has 0 saturated carbocycles. The van der Waals surface area contributed by atoms with Crippen LogP contribution in [0.25, 0.3) is 0 Å². The quantitative estimate of drug-likeness (QED) is 0.223. The standard InChI is InChI=1S/C10H12N6O4S2.Na/c1-3(17)5-7(18)15-6(9(19)20)4(22-8(5)15)2-21-10-12-13-14-16(10)11;/h3,5,8,17H,2,11H2,1H3,(H,19,20);/q;+1/p-1/t3?,5-,8-;/m1./s1. The Bertz CT molecular complexity index is 680. The van der Waals surface area contributed by atoms with Gasteiger partial charge < -0.3 is 20.9 Å². The summed E-state index contributed by atoms with van der Waals surface area (Å²) in [7, 11) is 0. The van der Waals surface area contributed by atoms with Crippen LogP contribution in [-0.4, -0.2) is 59.4 Å². The summed E-state index contributed by atoms with van der Waals surface area (Å²) in [5.74, 6) is 3.28. The molecule has 2 aliphatic rings. The van der Waals surface area contributed by atoms with E-state index in [1.54, 1.807) is 0 Å². The molecule has 0 aliphatic carbocycles. The zero-order valence-electron chi connectivity index (χ0n) is 12.2. The molecule has 0 bridgehead atoms. The number of fused-ring (bicyclic) bond motifs is 1. The van der Waals surface area contributed by atoms with Gasteiger partial charge in [0.15, 0.2) is 0 Å². The van der Waals surface area contributed by atoms with Gasteiger partial charge in [-0.3, -0.25) is 9.69 Å². The van der Waals surface area contributed by atoms with E-state index in [0.29, 0.717) is 10.1 Å². The summed E-state index contributed by atoms with van der Waals surface area (Å²) in [5.41, 5.74) is -0.152. The Labute approximate surface area is 161 Å². The topological polar surface area (TPSA) is 150 Å². The molecule has 3 N–H and O–H groups in total. The van der Waals surface area contributed by atoms with Crippen LogP contribution in [0.5, 0.6) is 0 Å². The van der Waals surface area contributed by atoms with Crippen molar-refractivity contribution in [2.75, 3.05) is 11.6 Å². The van der Waals surface area contributed by atoms with E-state index in [0.717, 1.165) is 16.6 Å². The first-order chi connectivity index (χ1) is 10.4. The molecular weight excluding hydrogens is 355 g/mol. The molecule has 10 nitrogen and oxygen atoms in total. The van der Waals surface area contributed by atoms with Crippen molar-refractivity contribution in [1.82, 2.24) is 25.2 Å². The minimum atomic E-state index is -1.42. The van der Waals surface area contributed by atoms with E-state index in [2.05, 4.69) is 15.5 Å². The van der Waals surface area contributed by atoms with Crippen molar-refractivity contribution in [3.8, 4) is 0 Å². The fraction of sp³-hybridized carbons (Fsp3) is 0.500. The van der Waals surface area contributed by atoms with Crippen LogP contribution in [0.2, 0.25) is 0 Å². The zero-order valence-corrected chi connectivity index (χ0v) is 15.9. The molecule has 13 heteroatoms. The summed E-state index contributed by atoms with van der Waals surface area (Å²) in [6.07, 6.45) is -0.840. The predicted octanol–water partition coefficient (Wildman–Crippen LogP) is -5.64. The first-order valence-electron chi connectivity index (χ1n) is 6.20. The van der Waals surface area contributed by atoms with Gasteiger partial charge in [-0.05, 0) is 17.4 Å². The third-order valence-electron chi connectivity index (χ3n) is 3.36. The summed E-state index contributed by atoms with van der Waals surface area (Å²) in [5, 5.41) is 31.4. The van der Waals surface area contributed by atoms with Crippen molar-refractivity contribution in [3.63, 3.8) is 0 Å². The summed E-state index contributed by atoms with van der Waals surface area (Å²) in [6, 6.07) is 0. The molecule has 0 spiro atoms. The summed E-state index contributed by atoms with van der Waals surface area (Å²) in [6.45, 7) is 1.51. The van der Waals surface area contributed by atoms with Crippen LogP contribution in [0.4, 0.5) is 0 Å². The number of aliphatic carboxylic acids is 1. The molecule has 3 heterocycles. The number of aromatic nitrogens is 4. The number of hydrogen-bond acceptors (Lipinski definition) is 10. The minimum Gasteiger partial charge on any atom is -0.543 e. The van der Waals surface area contributed by atoms with E-state index in [4.69, 9.17) is 5.84 Å². The number of hydrogen-bond donors (Lipinski definition) is 2. The van der Waals surface area contributed by atoms with Crippen LogP contribution in [0.15, 0.2) is 15.8 Å². The van der Waals surface area contributed by atoms with Gasteiger partial charge >= 0.3 is 29.6 Å². The second kappa shape index (κ2) is 6.99. The molecule has 3 rings (SSSR count). The van der Waals surface area contributed by atoms with Gasteiger partial charge in [-0.25, -0.2) is 0 Å². The molecular formula is C10H11N6NaO4S2. The molecule has 1 unspecified atom stereocenters. The Kier molecular flexibility index (Phi) is 5.63. The first kappa shape index (κ1) is 18.5. The molecule has 0 aromatic carbocycles. The number of rotatable bonds is 5. The van der Waals surface area contributed by atoms with E-state index in [1.807, 2.05) is 0 Å². The van der Waals surface area contributed by atoms with Crippen molar-refractivity contribution < 1.29 is 49.4 Å². The van der Waals surface area contributed by atoms with Crippen LogP contribution in [0.3, 0.4) is 0 Å². The number of aliphatic hydroxyl groups is 1. The Hall–Kier alpha value is -0.790. The van der Waals surface area contributed by atoms with Gasteiger partial charge in [0, 0.05) is 10.7 Å². The third-order valence-corrected chi connectivity index (χ3v) is 5.87. The molecule has 23 heavy (non-hydrogen) atoms. The van der Waals surface area contributed by atoms with Crippen LogP contribution < -0.4 is 40.5 Å². The number of carboxylic acid groups (broad SMARTS) is 1. The summed E-state index contributed by atoms with van der Waals surface area (Å²) >= 11 is 2.38. The molecule has 2 aliphatic heterocycles. The van der Waals surface area contributed by atoms with Crippen molar-refractivity contribution in [2.24, 2.45) is 5.92 Å². The average molecular weight is 366 g/mol. The van der Waals surface area contributed by atoms with Crippen molar-refractivity contribution in [2.45, 2.75) is 23.6 Å². The van der Waals surface area contributed by atoms with E-state index in [9.17, 15) is 19.8 Å². The molecule has 0 radical (unpaired) electrons. The number of aliphatic hydroxyl groups excluding tert-OH is 1. The van der Waals surface area contributed by atoms with Crippen LogP contribution in [-0.2, 0) is 9.59 Å².